The van der Waals surface area contributed by atoms with Crippen molar-refractivity contribution in [2.75, 3.05) is 5.32 Å². The molecule has 0 radical (unpaired) electrons. The molecule has 0 spiro atoms. The van der Waals surface area contributed by atoms with Crippen molar-refractivity contribution < 1.29 is 14.3 Å². The molecule has 0 bridgehead atoms. The molecule has 1 aromatic heterocycles. The van der Waals surface area contributed by atoms with Gasteiger partial charge in [-0.1, -0.05) is 12.1 Å². The van der Waals surface area contributed by atoms with Gasteiger partial charge in [0.2, 0.25) is 0 Å². The summed E-state index contributed by atoms with van der Waals surface area (Å²) in [4.78, 5) is 27.0. The van der Waals surface area contributed by atoms with Gasteiger partial charge in [-0.25, -0.2) is 9.97 Å². The zero-order valence-electron chi connectivity index (χ0n) is 13.8. The summed E-state index contributed by atoms with van der Waals surface area (Å²) in [6.45, 7) is 0.985. The van der Waals surface area contributed by atoms with Crippen LogP contribution in [-0.4, -0.2) is 19.8 Å². The average molecular weight is 375 g/mol. The molecule has 0 atom stereocenters. The third-order valence-electron chi connectivity index (χ3n) is 3.86. The molecular formula is C17H18N3O3PS. The van der Waals surface area contributed by atoms with Crippen molar-refractivity contribution in [3.63, 3.8) is 0 Å². The average Bonchev–Trinajstić information content (AvgIpc) is 2.54. The summed E-state index contributed by atoms with van der Waals surface area (Å²) in [6, 6.07) is 11.1. The highest BCUT2D eigenvalue weighted by Crippen LogP contribution is 2.37. The minimum atomic E-state index is -3.70. The van der Waals surface area contributed by atoms with Crippen molar-refractivity contribution in [2.24, 2.45) is 0 Å². The molecule has 0 saturated carbocycles. The summed E-state index contributed by atoms with van der Waals surface area (Å²) in [5, 5.41) is 4.29. The van der Waals surface area contributed by atoms with Crippen LogP contribution in [0.15, 0.2) is 42.7 Å². The van der Waals surface area contributed by atoms with Gasteiger partial charge in [0.15, 0.2) is 0 Å². The molecule has 3 rings (SSSR count). The van der Waals surface area contributed by atoms with E-state index in [0.29, 0.717) is 12.3 Å². The number of aryl methyl sites for hydroxylation is 2. The summed E-state index contributed by atoms with van der Waals surface area (Å²) >= 11 is 4.45. The van der Waals surface area contributed by atoms with Crippen LogP contribution in [0.3, 0.4) is 0 Å². The molecule has 0 unspecified atom stereocenters. The summed E-state index contributed by atoms with van der Waals surface area (Å²) < 4.78 is 4.90. The highest BCUT2D eigenvalue weighted by atomic mass is 32.5. The van der Waals surface area contributed by atoms with E-state index < -0.39 is 6.72 Å². The highest BCUT2D eigenvalue weighted by molar-refractivity contribution is 8.06. The molecule has 25 heavy (non-hydrogen) atoms. The molecular weight excluding hydrogens is 357 g/mol. The lowest BCUT2D eigenvalue weighted by Crippen LogP contribution is -2.03. The monoisotopic (exact) mass is 375 g/mol. The topological polar surface area (TPSA) is 87.5 Å². The molecule has 0 aliphatic rings. The Labute approximate surface area is 150 Å². The van der Waals surface area contributed by atoms with E-state index in [4.69, 9.17) is 14.3 Å². The van der Waals surface area contributed by atoms with E-state index in [-0.39, 0.29) is 0 Å². The van der Waals surface area contributed by atoms with Gasteiger partial charge < -0.3 is 19.6 Å². The maximum absolute atomic E-state index is 9.17. The fraction of sp³-hybridized carbons (Fsp3) is 0.176. The number of rotatable bonds is 5. The second-order valence-electron chi connectivity index (χ2n) is 5.76. The van der Waals surface area contributed by atoms with Gasteiger partial charge in [-0.15, -0.1) is 0 Å². The standard InChI is InChI=1S/C17H18N3O3PS/c1-11-7-15-16(8-12(11)2)19-10-20-17(15)18-9-13-3-5-14(6-4-13)23-24(21,22)25/h3-8,10H,9H2,1-2H3,(H,18,19,20)(H2,21,22,25). The lowest BCUT2D eigenvalue weighted by Gasteiger charge is -2.12. The first-order valence-corrected chi connectivity index (χ1v) is 10.2. The van der Waals surface area contributed by atoms with Crippen molar-refractivity contribution in [3.8, 4) is 5.75 Å². The van der Waals surface area contributed by atoms with Gasteiger partial charge in [0.25, 0.3) is 0 Å². The van der Waals surface area contributed by atoms with Crippen LogP contribution in [0.25, 0.3) is 10.9 Å². The summed E-state index contributed by atoms with van der Waals surface area (Å²) in [5.74, 6) is 1.10. The minimum Gasteiger partial charge on any atom is -0.424 e. The number of anilines is 1. The van der Waals surface area contributed by atoms with E-state index in [9.17, 15) is 0 Å². The van der Waals surface area contributed by atoms with Crippen molar-refractivity contribution in [1.82, 2.24) is 9.97 Å². The SMILES string of the molecule is Cc1cc2ncnc(NCc3ccc(OP(O)(O)=S)cc3)c2cc1C. The molecule has 3 N–H and O–H groups in total. The van der Waals surface area contributed by atoms with Crippen LogP contribution in [0.4, 0.5) is 5.82 Å². The maximum Gasteiger partial charge on any atom is 0.375 e. The minimum absolute atomic E-state index is 0.329. The fourth-order valence-corrected chi connectivity index (χ4v) is 3.10. The number of nitrogens with zero attached hydrogens (tertiary/aromatic N) is 2. The van der Waals surface area contributed by atoms with E-state index in [0.717, 1.165) is 22.3 Å². The number of hydrogen-bond donors (Lipinski definition) is 3. The van der Waals surface area contributed by atoms with E-state index >= 15 is 0 Å². The lowest BCUT2D eigenvalue weighted by atomic mass is 10.1. The van der Waals surface area contributed by atoms with Gasteiger partial charge in [-0.3, -0.25) is 0 Å². The largest absolute Gasteiger partial charge is 0.424 e. The molecule has 6 nitrogen and oxygen atoms in total. The van der Waals surface area contributed by atoms with Crippen LogP contribution in [0.5, 0.6) is 5.75 Å². The van der Waals surface area contributed by atoms with Crippen LogP contribution >= 0.6 is 6.72 Å². The Balaban J connectivity index is 1.77. The van der Waals surface area contributed by atoms with Gasteiger partial charge in [-0.2, -0.15) is 0 Å². The second-order valence-corrected chi connectivity index (χ2v) is 8.35. The first kappa shape index (κ1) is 17.8. The van der Waals surface area contributed by atoms with Crippen molar-refractivity contribution in [2.45, 2.75) is 20.4 Å². The van der Waals surface area contributed by atoms with Crippen LogP contribution in [0.2, 0.25) is 0 Å². The Bertz CT molecular complexity index is 957. The van der Waals surface area contributed by atoms with Gasteiger partial charge in [0.05, 0.1) is 5.52 Å². The van der Waals surface area contributed by atoms with E-state index in [1.54, 1.807) is 18.5 Å². The lowest BCUT2D eigenvalue weighted by molar-refractivity contribution is 0.370. The Morgan fingerprint density at radius 2 is 1.76 bits per heavy atom. The van der Waals surface area contributed by atoms with Crippen molar-refractivity contribution >= 4 is 35.2 Å². The van der Waals surface area contributed by atoms with Crippen LogP contribution in [0, 0.1) is 13.8 Å². The van der Waals surface area contributed by atoms with Gasteiger partial charge in [0, 0.05) is 23.7 Å². The molecule has 3 aromatic rings. The summed E-state index contributed by atoms with van der Waals surface area (Å²) in [7, 11) is 0. The molecule has 1 heterocycles. The van der Waals surface area contributed by atoms with Crippen LogP contribution < -0.4 is 9.84 Å². The predicted molar refractivity (Wildman–Crippen MR) is 102 cm³/mol. The van der Waals surface area contributed by atoms with Crippen LogP contribution in [-0.2, 0) is 18.4 Å². The quantitative estimate of drug-likeness (QED) is 0.589. The third-order valence-corrected chi connectivity index (χ3v) is 4.53. The highest BCUT2D eigenvalue weighted by Gasteiger charge is 2.10. The molecule has 0 fully saturated rings. The molecule has 0 aliphatic heterocycles. The first-order chi connectivity index (χ1) is 11.8. The van der Waals surface area contributed by atoms with Gasteiger partial charge in [0.1, 0.15) is 17.9 Å². The molecule has 130 valence electrons. The molecule has 2 aromatic carbocycles. The Hall–Kier alpha value is -2.05. The summed E-state index contributed by atoms with van der Waals surface area (Å²) in [6.07, 6.45) is 1.55. The number of benzene rings is 2. The van der Waals surface area contributed by atoms with E-state index in [1.165, 1.54) is 11.1 Å². The number of hydrogen-bond acceptors (Lipinski definition) is 5. The van der Waals surface area contributed by atoms with Crippen molar-refractivity contribution in [3.05, 3.63) is 59.4 Å². The Kier molecular flexibility index (Phi) is 5.01. The number of aromatic nitrogens is 2. The van der Waals surface area contributed by atoms with E-state index in [2.05, 4.69) is 53.1 Å². The van der Waals surface area contributed by atoms with Crippen molar-refractivity contribution in [1.29, 1.82) is 0 Å². The Morgan fingerprint density at radius 1 is 1.08 bits per heavy atom. The smallest absolute Gasteiger partial charge is 0.375 e. The molecule has 8 heteroatoms. The zero-order valence-corrected chi connectivity index (χ0v) is 15.5. The predicted octanol–water partition coefficient (Wildman–Crippen LogP) is 3.45. The normalized spacial score (nSPS) is 11.5. The maximum atomic E-state index is 9.17. The zero-order chi connectivity index (χ0) is 18.0. The van der Waals surface area contributed by atoms with E-state index in [1.807, 2.05) is 12.1 Å². The van der Waals surface area contributed by atoms with Crippen LogP contribution in [0.1, 0.15) is 16.7 Å². The first-order valence-electron chi connectivity index (χ1n) is 7.62. The fourth-order valence-electron chi connectivity index (χ4n) is 2.45. The van der Waals surface area contributed by atoms with Gasteiger partial charge in [-0.05, 0) is 54.8 Å². The Morgan fingerprint density at radius 3 is 2.44 bits per heavy atom. The number of nitrogens with one attached hydrogen (secondary N) is 1. The number of fused-ring (bicyclic) bond motifs is 1. The molecule has 0 amide bonds. The molecule has 0 aliphatic carbocycles. The third kappa shape index (κ3) is 4.52. The molecule has 0 saturated heterocycles. The van der Waals surface area contributed by atoms with Gasteiger partial charge >= 0.3 is 6.72 Å². The summed E-state index contributed by atoms with van der Waals surface area (Å²) in [5.41, 5.74) is 4.28. The second kappa shape index (κ2) is 7.06.